The molecule has 0 amide bonds. The SMILES string of the molecule is CCC1NNC(S(=O)(=O)Nc2ccc(Br)cc2)C1C(=O)OC. The molecule has 3 N–H and O–H groups in total. The minimum atomic E-state index is -3.81. The van der Waals surface area contributed by atoms with Gasteiger partial charge in [0.05, 0.1) is 7.11 Å². The first-order valence-electron chi connectivity index (χ1n) is 6.75. The predicted molar refractivity (Wildman–Crippen MR) is 86.3 cm³/mol. The van der Waals surface area contributed by atoms with Gasteiger partial charge in [-0.3, -0.25) is 14.9 Å². The van der Waals surface area contributed by atoms with Crippen LogP contribution in [0.15, 0.2) is 28.7 Å². The van der Waals surface area contributed by atoms with Gasteiger partial charge in [0.25, 0.3) is 10.0 Å². The van der Waals surface area contributed by atoms with E-state index in [0.717, 1.165) is 4.47 Å². The quantitative estimate of drug-likeness (QED) is 0.652. The number of methoxy groups -OCH3 is 1. The maximum Gasteiger partial charge on any atom is 0.313 e. The molecule has 0 aromatic heterocycles. The van der Waals surface area contributed by atoms with Gasteiger partial charge >= 0.3 is 5.97 Å². The number of ether oxygens (including phenoxy) is 1. The molecule has 1 aromatic carbocycles. The summed E-state index contributed by atoms with van der Waals surface area (Å²) < 4.78 is 33.2. The van der Waals surface area contributed by atoms with Crippen molar-refractivity contribution in [2.45, 2.75) is 24.8 Å². The van der Waals surface area contributed by atoms with Crippen molar-refractivity contribution < 1.29 is 17.9 Å². The molecule has 1 aliphatic heterocycles. The van der Waals surface area contributed by atoms with Crippen LogP contribution in [0.1, 0.15) is 13.3 Å². The van der Waals surface area contributed by atoms with Gasteiger partial charge in [-0.2, -0.15) is 0 Å². The molecule has 2 rings (SSSR count). The number of carbonyl (C=O) groups excluding carboxylic acids is 1. The molecule has 0 aliphatic carbocycles. The molecule has 22 heavy (non-hydrogen) atoms. The summed E-state index contributed by atoms with van der Waals surface area (Å²) in [6.45, 7) is 1.87. The van der Waals surface area contributed by atoms with Gasteiger partial charge in [0.1, 0.15) is 5.92 Å². The lowest BCUT2D eigenvalue weighted by Gasteiger charge is -2.20. The highest BCUT2D eigenvalue weighted by Gasteiger charge is 2.47. The van der Waals surface area contributed by atoms with E-state index >= 15 is 0 Å². The van der Waals surface area contributed by atoms with E-state index in [1.807, 2.05) is 6.92 Å². The van der Waals surface area contributed by atoms with E-state index in [1.165, 1.54) is 7.11 Å². The lowest BCUT2D eigenvalue weighted by molar-refractivity contribution is -0.145. The number of hydrogen-bond donors (Lipinski definition) is 3. The van der Waals surface area contributed by atoms with Gasteiger partial charge in [-0.25, -0.2) is 13.8 Å². The summed E-state index contributed by atoms with van der Waals surface area (Å²) in [5, 5.41) is -1.10. The van der Waals surface area contributed by atoms with Crippen molar-refractivity contribution in [1.82, 2.24) is 10.9 Å². The fourth-order valence-corrected chi connectivity index (χ4v) is 4.14. The second-order valence-electron chi connectivity index (χ2n) is 4.93. The highest BCUT2D eigenvalue weighted by molar-refractivity contribution is 9.10. The average molecular weight is 392 g/mol. The van der Waals surface area contributed by atoms with Crippen molar-refractivity contribution in [1.29, 1.82) is 0 Å². The number of carbonyl (C=O) groups is 1. The van der Waals surface area contributed by atoms with Crippen molar-refractivity contribution in [3.63, 3.8) is 0 Å². The largest absolute Gasteiger partial charge is 0.469 e. The van der Waals surface area contributed by atoms with E-state index < -0.39 is 27.3 Å². The zero-order valence-corrected chi connectivity index (χ0v) is 14.6. The topological polar surface area (TPSA) is 96.5 Å². The molecule has 0 spiro atoms. The van der Waals surface area contributed by atoms with E-state index in [4.69, 9.17) is 4.74 Å². The molecule has 0 radical (unpaired) electrons. The Bertz CT molecular complexity index is 635. The molecular formula is C13H18BrN3O4S. The van der Waals surface area contributed by atoms with Crippen LogP contribution >= 0.6 is 15.9 Å². The average Bonchev–Trinajstić information content (AvgIpc) is 2.93. The fourth-order valence-electron chi connectivity index (χ4n) is 2.38. The summed E-state index contributed by atoms with van der Waals surface area (Å²) in [7, 11) is -2.56. The van der Waals surface area contributed by atoms with Crippen LogP contribution in [0.5, 0.6) is 0 Å². The Morgan fingerprint density at radius 1 is 1.32 bits per heavy atom. The summed E-state index contributed by atoms with van der Waals surface area (Å²) in [5.41, 5.74) is 5.95. The second kappa shape index (κ2) is 6.95. The zero-order chi connectivity index (χ0) is 16.3. The van der Waals surface area contributed by atoms with Gasteiger partial charge in [0.15, 0.2) is 5.37 Å². The standard InChI is InChI=1S/C13H18BrN3O4S/c1-3-10-11(13(18)21-2)12(16-15-10)22(19,20)17-9-6-4-8(14)5-7-9/h4-7,10-12,15-17H,3H2,1-2H3. The Balaban J connectivity index is 2.23. The molecule has 1 saturated heterocycles. The third-order valence-corrected chi connectivity index (χ3v) is 5.65. The minimum absolute atomic E-state index is 0.307. The Labute approximate surface area is 138 Å². The van der Waals surface area contributed by atoms with Crippen molar-refractivity contribution in [2.24, 2.45) is 5.92 Å². The minimum Gasteiger partial charge on any atom is -0.469 e. The van der Waals surface area contributed by atoms with E-state index in [0.29, 0.717) is 12.1 Å². The molecular weight excluding hydrogens is 374 g/mol. The molecule has 1 fully saturated rings. The van der Waals surface area contributed by atoms with Gasteiger partial charge in [-0.15, -0.1) is 0 Å². The summed E-state index contributed by atoms with van der Waals surface area (Å²) in [4.78, 5) is 11.9. The van der Waals surface area contributed by atoms with Gasteiger partial charge in [0.2, 0.25) is 0 Å². The van der Waals surface area contributed by atoms with E-state index in [1.54, 1.807) is 24.3 Å². The highest BCUT2D eigenvalue weighted by Crippen LogP contribution is 2.25. The second-order valence-corrected chi connectivity index (χ2v) is 7.64. The third-order valence-electron chi connectivity index (χ3n) is 3.52. The lowest BCUT2D eigenvalue weighted by Crippen LogP contribution is -2.44. The van der Waals surface area contributed by atoms with E-state index in [-0.39, 0.29) is 6.04 Å². The fraction of sp³-hybridized carbons (Fsp3) is 0.462. The first-order chi connectivity index (χ1) is 10.4. The monoisotopic (exact) mass is 391 g/mol. The number of anilines is 1. The van der Waals surface area contributed by atoms with Crippen molar-refractivity contribution >= 4 is 37.6 Å². The molecule has 1 heterocycles. The Kier molecular flexibility index (Phi) is 5.43. The lowest BCUT2D eigenvalue weighted by atomic mass is 10.00. The van der Waals surface area contributed by atoms with Crippen LogP contribution in [-0.4, -0.2) is 32.9 Å². The van der Waals surface area contributed by atoms with Crippen LogP contribution in [-0.2, 0) is 19.6 Å². The summed E-state index contributed by atoms with van der Waals surface area (Å²) in [6, 6.07) is 6.41. The van der Waals surface area contributed by atoms with Gasteiger partial charge < -0.3 is 4.74 Å². The molecule has 1 aliphatic rings. The predicted octanol–water partition coefficient (Wildman–Crippen LogP) is 1.19. The summed E-state index contributed by atoms with van der Waals surface area (Å²) >= 11 is 3.29. The third kappa shape index (κ3) is 3.60. The number of sulfonamides is 1. The van der Waals surface area contributed by atoms with Crippen LogP contribution in [0.4, 0.5) is 5.69 Å². The normalized spacial score (nSPS) is 25.0. The number of nitrogens with one attached hydrogen (secondary N) is 3. The first kappa shape index (κ1) is 17.2. The molecule has 0 bridgehead atoms. The summed E-state index contributed by atoms with van der Waals surface area (Å²) in [5.74, 6) is -1.38. The number of benzene rings is 1. The first-order valence-corrected chi connectivity index (χ1v) is 9.09. The van der Waals surface area contributed by atoms with E-state index in [2.05, 4.69) is 31.5 Å². The van der Waals surface area contributed by atoms with Crippen molar-refractivity contribution in [3.05, 3.63) is 28.7 Å². The zero-order valence-electron chi connectivity index (χ0n) is 12.2. The highest BCUT2D eigenvalue weighted by atomic mass is 79.9. The molecule has 9 heteroatoms. The molecule has 3 atom stereocenters. The number of rotatable bonds is 5. The van der Waals surface area contributed by atoms with Gasteiger partial charge in [-0.05, 0) is 30.7 Å². The molecule has 0 saturated carbocycles. The Morgan fingerprint density at radius 2 is 1.95 bits per heavy atom. The number of hydrazine groups is 1. The molecule has 3 unspecified atom stereocenters. The van der Waals surface area contributed by atoms with E-state index in [9.17, 15) is 13.2 Å². The van der Waals surface area contributed by atoms with Crippen LogP contribution < -0.4 is 15.6 Å². The Hall–Kier alpha value is -1.16. The number of esters is 1. The number of hydrogen-bond acceptors (Lipinski definition) is 6. The number of halogens is 1. The maximum atomic E-state index is 12.5. The molecule has 7 nitrogen and oxygen atoms in total. The van der Waals surface area contributed by atoms with Crippen LogP contribution in [0.2, 0.25) is 0 Å². The molecule has 122 valence electrons. The maximum absolute atomic E-state index is 12.5. The van der Waals surface area contributed by atoms with Crippen molar-refractivity contribution in [2.75, 3.05) is 11.8 Å². The van der Waals surface area contributed by atoms with Crippen molar-refractivity contribution in [3.8, 4) is 0 Å². The Morgan fingerprint density at radius 3 is 2.50 bits per heavy atom. The van der Waals surface area contributed by atoms with Gasteiger partial charge in [-0.1, -0.05) is 22.9 Å². The van der Waals surface area contributed by atoms with Crippen LogP contribution in [0.25, 0.3) is 0 Å². The van der Waals surface area contributed by atoms with Crippen LogP contribution in [0, 0.1) is 5.92 Å². The molecule has 1 aromatic rings. The summed E-state index contributed by atoms with van der Waals surface area (Å²) in [6.07, 6.45) is 0.594. The van der Waals surface area contributed by atoms with Gasteiger partial charge in [0, 0.05) is 16.2 Å². The van der Waals surface area contributed by atoms with Crippen LogP contribution in [0.3, 0.4) is 0 Å². The smallest absolute Gasteiger partial charge is 0.313 e.